The summed E-state index contributed by atoms with van der Waals surface area (Å²) < 4.78 is 0. The van der Waals surface area contributed by atoms with Gasteiger partial charge in [0.1, 0.15) is 10.7 Å². The highest BCUT2D eigenvalue weighted by Crippen LogP contribution is 2.52. The van der Waals surface area contributed by atoms with Crippen molar-refractivity contribution in [2.45, 2.75) is 52.4 Å². The second-order valence-electron chi connectivity index (χ2n) is 8.53. The summed E-state index contributed by atoms with van der Waals surface area (Å²) in [5.41, 5.74) is 4.74. The van der Waals surface area contributed by atoms with Gasteiger partial charge < -0.3 is 4.98 Å². The van der Waals surface area contributed by atoms with E-state index in [0.29, 0.717) is 27.9 Å². The third-order valence-electron chi connectivity index (χ3n) is 6.70. The van der Waals surface area contributed by atoms with E-state index < -0.39 is 0 Å². The fourth-order valence-electron chi connectivity index (χ4n) is 5.55. The van der Waals surface area contributed by atoms with Gasteiger partial charge in [-0.1, -0.05) is 0 Å². The first-order valence-corrected chi connectivity index (χ1v) is 10.6. The first kappa shape index (κ1) is 17.1. The Morgan fingerprint density at radius 3 is 2.52 bits per heavy atom. The topological polar surface area (TPSA) is 87.2 Å². The van der Waals surface area contributed by atoms with Gasteiger partial charge in [0, 0.05) is 10.6 Å². The van der Waals surface area contributed by atoms with Gasteiger partial charge in [0.25, 0.3) is 5.56 Å². The fraction of sp³-hybridized carbons (Fsp3) is 0.600. The van der Waals surface area contributed by atoms with E-state index in [1.807, 2.05) is 13.8 Å². The molecule has 4 saturated carbocycles. The van der Waals surface area contributed by atoms with E-state index in [2.05, 4.69) is 20.5 Å². The number of hydrogen-bond donors (Lipinski definition) is 2. The molecule has 2 N–H and O–H groups in total. The number of carbonyl (C=O) groups excluding carboxylic acids is 1. The molecule has 0 radical (unpaired) electrons. The number of H-pyrrole nitrogens is 1. The molecule has 0 aliphatic heterocycles. The van der Waals surface area contributed by atoms with Crippen LogP contribution >= 0.6 is 11.3 Å². The summed E-state index contributed by atoms with van der Waals surface area (Å²) in [6.45, 7) is 3.91. The molecular formula is C20H24N4O2S. The molecular weight excluding hydrogens is 360 g/mol. The Morgan fingerprint density at radius 2 is 1.85 bits per heavy atom. The summed E-state index contributed by atoms with van der Waals surface area (Å²) in [6, 6.07) is 0. The standard InChI is InChI=1S/C20H24N4O2S/c1-9-10(2)27-20-17(9)19(26)21-15(22-20)8-16(25)23-24-18-13-4-11-3-12(6-13)7-14(18)5-11/h11-14H,3-8H2,1-2H3,(H,23,25)(H,21,22,26). The predicted octanol–water partition coefficient (Wildman–Crippen LogP) is 3.07. The SMILES string of the molecule is Cc1sc2nc(CC(=O)NN=C3C4CC5CC(C4)CC3C5)[nH]c(=O)c2c1C. The van der Waals surface area contributed by atoms with Crippen molar-refractivity contribution in [2.24, 2.45) is 28.8 Å². The van der Waals surface area contributed by atoms with Crippen LogP contribution < -0.4 is 11.0 Å². The Hall–Kier alpha value is -2.02. The second-order valence-corrected chi connectivity index (χ2v) is 9.73. The lowest BCUT2D eigenvalue weighted by molar-refractivity contribution is -0.120. The first-order valence-electron chi connectivity index (χ1n) is 9.83. The van der Waals surface area contributed by atoms with E-state index in [9.17, 15) is 9.59 Å². The normalized spacial score (nSPS) is 28.7. The number of aromatic amines is 1. The van der Waals surface area contributed by atoms with Crippen LogP contribution in [0.1, 0.15) is 48.4 Å². The molecule has 6 rings (SSSR count). The van der Waals surface area contributed by atoms with Crippen LogP contribution in [0.15, 0.2) is 9.90 Å². The zero-order chi connectivity index (χ0) is 18.7. The van der Waals surface area contributed by atoms with Crippen LogP contribution in [-0.4, -0.2) is 21.6 Å². The Balaban J connectivity index is 1.31. The Kier molecular flexibility index (Phi) is 3.96. The van der Waals surface area contributed by atoms with Gasteiger partial charge in [-0.3, -0.25) is 9.59 Å². The minimum atomic E-state index is -0.219. The van der Waals surface area contributed by atoms with Gasteiger partial charge in [-0.05, 0) is 75.2 Å². The van der Waals surface area contributed by atoms with Gasteiger partial charge in [0.05, 0.1) is 11.8 Å². The third-order valence-corrected chi connectivity index (χ3v) is 7.80. The highest BCUT2D eigenvalue weighted by molar-refractivity contribution is 7.18. The molecule has 4 aliphatic carbocycles. The summed E-state index contributed by atoms with van der Waals surface area (Å²) in [5.74, 6) is 3.06. The molecule has 27 heavy (non-hydrogen) atoms. The molecule has 0 spiro atoms. The van der Waals surface area contributed by atoms with Crippen molar-refractivity contribution in [3.8, 4) is 0 Å². The molecule has 142 valence electrons. The largest absolute Gasteiger partial charge is 0.309 e. The summed E-state index contributed by atoms with van der Waals surface area (Å²) in [4.78, 5) is 33.7. The van der Waals surface area contributed by atoms with E-state index in [4.69, 9.17) is 0 Å². The lowest BCUT2D eigenvalue weighted by Crippen LogP contribution is -2.46. The zero-order valence-electron chi connectivity index (χ0n) is 15.7. The molecule has 7 heteroatoms. The highest BCUT2D eigenvalue weighted by Gasteiger charge is 2.46. The Labute approximate surface area is 161 Å². The fourth-order valence-corrected chi connectivity index (χ4v) is 6.60. The molecule has 2 aromatic heterocycles. The smallest absolute Gasteiger partial charge is 0.259 e. The molecule has 1 amide bonds. The number of aryl methyl sites for hydroxylation is 2. The first-order chi connectivity index (χ1) is 13.0. The zero-order valence-corrected chi connectivity index (χ0v) is 16.5. The predicted molar refractivity (Wildman–Crippen MR) is 106 cm³/mol. The second kappa shape index (κ2) is 6.26. The van der Waals surface area contributed by atoms with E-state index in [0.717, 1.165) is 22.3 Å². The minimum absolute atomic E-state index is 0.0402. The molecule has 4 aliphatic rings. The number of aromatic nitrogens is 2. The molecule has 2 heterocycles. The maximum atomic E-state index is 12.4. The van der Waals surface area contributed by atoms with Crippen LogP contribution in [0, 0.1) is 37.5 Å². The number of thiophene rings is 1. The van der Waals surface area contributed by atoms with Crippen LogP contribution in [0.5, 0.6) is 0 Å². The van der Waals surface area contributed by atoms with Crippen LogP contribution in [-0.2, 0) is 11.2 Å². The average molecular weight is 385 g/mol. The number of amides is 1. The maximum Gasteiger partial charge on any atom is 0.259 e. The van der Waals surface area contributed by atoms with Gasteiger partial charge in [-0.2, -0.15) is 5.10 Å². The third kappa shape index (κ3) is 2.92. The van der Waals surface area contributed by atoms with Crippen LogP contribution in [0.4, 0.5) is 0 Å². The molecule has 0 saturated heterocycles. The van der Waals surface area contributed by atoms with Gasteiger partial charge >= 0.3 is 0 Å². The van der Waals surface area contributed by atoms with Crippen molar-refractivity contribution in [1.82, 2.24) is 15.4 Å². The number of rotatable bonds is 3. The highest BCUT2D eigenvalue weighted by atomic mass is 32.1. The van der Waals surface area contributed by atoms with Gasteiger partial charge in [-0.25, -0.2) is 10.4 Å². The number of fused-ring (bicyclic) bond motifs is 1. The van der Waals surface area contributed by atoms with Crippen molar-refractivity contribution < 1.29 is 4.79 Å². The van der Waals surface area contributed by atoms with E-state index in [1.165, 1.54) is 49.2 Å². The molecule has 4 fully saturated rings. The molecule has 0 atom stereocenters. The van der Waals surface area contributed by atoms with Gasteiger partial charge in [0.2, 0.25) is 5.91 Å². The molecule has 6 nitrogen and oxygen atoms in total. The van der Waals surface area contributed by atoms with Gasteiger partial charge in [-0.15, -0.1) is 11.3 Å². The minimum Gasteiger partial charge on any atom is -0.309 e. The molecule has 0 aromatic carbocycles. The summed E-state index contributed by atoms with van der Waals surface area (Å²) >= 11 is 1.50. The maximum absolute atomic E-state index is 12.4. The molecule has 2 aromatic rings. The van der Waals surface area contributed by atoms with Crippen molar-refractivity contribution in [2.75, 3.05) is 0 Å². The summed E-state index contributed by atoms with van der Waals surface area (Å²) in [6.07, 6.45) is 6.40. The summed E-state index contributed by atoms with van der Waals surface area (Å²) in [5, 5.41) is 5.16. The lowest BCUT2D eigenvalue weighted by Gasteiger charge is -2.50. The number of hydrogen-bond acceptors (Lipinski definition) is 5. The number of carbonyl (C=O) groups is 1. The Morgan fingerprint density at radius 1 is 1.19 bits per heavy atom. The van der Waals surface area contributed by atoms with E-state index >= 15 is 0 Å². The van der Waals surface area contributed by atoms with Crippen molar-refractivity contribution in [3.05, 3.63) is 26.6 Å². The van der Waals surface area contributed by atoms with Crippen molar-refractivity contribution in [3.63, 3.8) is 0 Å². The van der Waals surface area contributed by atoms with Crippen LogP contribution in [0.3, 0.4) is 0 Å². The van der Waals surface area contributed by atoms with Crippen molar-refractivity contribution >= 4 is 33.2 Å². The number of hydrazone groups is 1. The summed E-state index contributed by atoms with van der Waals surface area (Å²) in [7, 11) is 0. The molecule has 0 unspecified atom stereocenters. The monoisotopic (exact) mass is 384 g/mol. The van der Waals surface area contributed by atoms with E-state index in [-0.39, 0.29) is 17.9 Å². The van der Waals surface area contributed by atoms with Crippen LogP contribution in [0.25, 0.3) is 10.2 Å². The lowest BCUT2D eigenvalue weighted by atomic mass is 9.55. The average Bonchev–Trinajstić information content (AvgIpc) is 2.88. The van der Waals surface area contributed by atoms with Gasteiger partial charge in [0.15, 0.2) is 0 Å². The van der Waals surface area contributed by atoms with Crippen LogP contribution in [0.2, 0.25) is 0 Å². The Bertz CT molecular complexity index is 989. The number of nitrogens with zero attached hydrogens (tertiary/aromatic N) is 2. The quantitative estimate of drug-likeness (QED) is 0.797. The molecule has 4 bridgehead atoms. The van der Waals surface area contributed by atoms with E-state index in [1.54, 1.807) is 0 Å². The number of nitrogens with one attached hydrogen (secondary N) is 2. The van der Waals surface area contributed by atoms with Crippen molar-refractivity contribution in [1.29, 1.82) is 0 Å².